The summed E-state index contributed by atoms with van der Waals surface area (Å²) in [5, 5.41) is 27.3. The van der Waals surface area contributed by atoms with Gasteiger partial charge in [-0.15, -0.1) is 0 Å². The molecule has 14 heteroatoms. The van der Waals surface area contributed by atoms with Crippen LogP contribution in [0.5, 0.6) is 11.5 Å². The van der Waals surface area contributed by atoms with E-state index in [1.165, 1.54) is 0 Å². The maximum absolute atomic E-state index is 11.0. The summed E-state index contributed by atoms with van der Waals surface area (Å²) in [6.07, 6.45) is 0. The Labute approximate surface area is 128 Å². The molecule has 0 bridgehead atoms. The van der Waals surface area contributed by atoms with Gasteiger partial charge in [-0.2, -0.15) is 16.8 Å². The van der Waals surface area contributed by atoms with Crippen LogP contribution >= 0.6 is 0 Å². The zero-order chi connectivity index (χ0) is 18.0. The average molecular weight is 372 g/mol. The molecule has 12 nitrogen and oxygen atoms in total. The van der Waals surface area contributed by atoms with Crippen LogP contribution in [0.2, 0.25) is 0 Å². The van der Waals surface area contributed by atoms with Gasteiger partial charge in [-0.3, -0.25) is 9.11 Å². The van der Waals surface area contributed by atoms with E-state index in [1.54, 1.807) is 0 Å². The minimum atomic E-state index is -5.40. The lowest BCUT2D eigenvalue weighted by Gasteiger charge is -2.11. The molecule has 5 N–H and O–H groups in total. The normalized spacial score (nSPS) is 13.1. The summed E-state index contributed by atoms with van der Waals surface area (Å²) in [6, 6.07) is 2.14. The van der Waals surface area contributed by atoms with Gasteiger partial charge in [-0.25, -0.2) is 4.79 Å². The molecular weight excluding hydrogens is 364 g/mol. The van der Waals surface area contributed by atoms with Gasteiger partial charge in [0.05, 0.1) is 0 Å². The van der Waals surface area contributed by atoms with Crippen LogP contribution in [-0.4, -0.2) is 47.2 Å². The average Bonchev–Trinajstić information content (AvgIpc) is 2.34. The smallest absolute Gasteiger partial charge is 0.446 e. The maximum Gasteiger partial charge on any atom is 0.446 e. The molecule has 0 aliphatic heterocycles. The zero-order valence-corrected chi connectivity index (χ0v) is 12.3. The summed E-state index contributed by atoms with van der Waals surface area (Å²) in [5.41, 5.74) is -0.626. The van der Waals surface area contributed by atoms with Gasteiger partial charge in [-0.1, -0.05) is 0 Å². The predicted octanol–water partition coefficient (Wildman–Crippen LogP) is -0.510. The van der Waals surface area contributed by atoms with Crippen molar-refractivity contribution in [3.05, 3.63) is 29.5 Å². The van der Waals surface area contributed by atoms with E-state index in [2.05, 4.69) is 8.37 Å². The lowest BCUT2D eigenvalue weighted by atomic mass is 10.1. The van der Waals surface area contributed by atoms with Crippen molar-refractivity contribution in [1.29, 1.82) is 0 Å². The van der Waals surface area contributed by atoms with Gasteiger partial charge in [0.25, 0.3) is 5.76 Å². The van der Waals surface area contributed by atoms with E-state index < -0.39 is 55.3 Å². The Balaban J connectivity index is 3.69. The molecule has 0 saturated carbocycles. The molecule has 1 aromatic carbocycles. The van der Waals surface area contributed by atoms with E-state index in [9.17, 15) is 26.7 Å². The number of hydrogen-bond donors (Lipinski definition) is 5. The number of phenolic OH excluding ortho intramolecular Hbond substituents is 2. The number of hydrogen-bond acceptors (Lipinski definition) is 9. The fourth-order valence-corrected chi connectivity index (χ4v) is 2.00. The lowest BCUT2D eigenvalue weighted by Crippen LogP contribution is -2.16. The van der Waals surface area contributed by atoms with Crippen molar-refractivity contribution in [2.24, 2.45) is 0 Å². The van der Waals surface area contributed by atoms with Crippen molar-refractivity contribution >= 4 is 32.5 Å². The minimum Gasteiger partial charge on any atom is -0.504 e. The fourth-order valence-electron chi connectivity index (χ4n) is 1.26. The second kappa shape index (κ2) is 6.29. The number of phenols is 2. The van der Waals surface area contributed by atoms with Gasteiger partial charge in [0.2, 0.25) is 5.76 Å². The molecule has 0 radical (unpaired) electrons. The molecule has 0 aliphatic rings. The Morgan fingerprint density at radius 3 is 1.83 bits per heavy atom. The summed E-state index contributed by atoms with van der Waals surface area (Å²) < 4.78 is 67.7. The molecule has 0 atom stereocenters. The van der Waals surface area contributed by atoms with E-state index in [0.717, 1.165) is 12.1 Å². The third kappa shape index (κ3) is 5.62. The number of aromatic hydroxyl groups is 2. The Hall–Kier alpha value is -2.55. The number of rotatable bonds is 6. The van der Waals surface area contributed by atoms with Crippen LogP contribution in [0.3, 0.4) is 0 Å². The molecule has 23 heavy (non-hydrogen) atoms. The number of benzene rings is 1. The van der Waals surface area contributed by atoms with E-state index >= 15 is 0 Å². The Bertz CT molecular complexity index is 864. The number of aliphatic carboxylic acids is 1. The second-order valence-electron chi connectivity index (χ2n) is 3.69. The molecule has 128 valence electrons. The lowest BCUT2D eigenvalue weighted by molar-refractivity contribution is -0.135. The zero-order valence-electron chi connectivity index (χ0n) is 10.6. The Morgan fingerprint density at radius 1 is 0.913 bits per heavy atom. The van der Waals surface area contributed by atoms with Crippen molar-refractivity contribution in [2.75, 3.05) is 0 Å². The minimum absolute atomic E-state index is 0.576. The third-order valence-corrected chi connectivity index (χ3v) is 2.77. The van der Waals surface area contributed by atoms with Crippen LogP contribution in [0.1, 0.15) is 5.56 Å². The van der Waals surface area contributed by atoms with Gasteiger partial charge < -0.3 is 23.7 Å². The number of carboxylic acid groups (broad SMARTS) is 1. The third-order valence-electron chi connectivity index (χ3n) is 2.02. The van der Waals surface area contributed by atoms with Crippen LogP contribution in [0.4, 0.5) is 0 Å². The van der Waals surface area contributed by atoms with Crippen LogP contribution in [0.25, 0.3) is 5.76 Å². The first-order valence-corrected chi connectivity index (χ1v) is 7.87. The van der Waals surface area contributed by atoms with Crippen molar-refractivity contribution in [2.45, 2.75) is 0 Å². The number of carbonyl (C=O) groups is 1. The first kappa shape index (κ1) is 18.5. The maximum atomic E-state index is 11.0. The van der Waals surface area contributed by atoms with E-state index in [1.807, 2.05) is 0 Å². The number of carboxylic acids is 1. The highest BCUT2D eigenvalue weighted by Gasteiger charge is 2.28. The van der Waals surface area contributed by atoms with Crippen LogP contribution < -0.4 is 0 Å². The summed E-state index contributed by atoms with van der Waals surface area (Å²) >= 11 is 0. The topological polar surface area (TPSA) is 205 Å². The largest absolute Gasteiger partial charge is 0.504 e. The fraction of sp³-hybridized carbons (Fsp3) is 0. The van der Waals surface area contributed by atoms with Crippen LogP contribution in [-0.2, 0) is 34.0 Å². The summed E-state index contributed by atoms with van der Waals surface area (Å²) in [6.45, 7) is 0. The monoisotopic (exact) mass is 372 g/mol. The molecule has 0 aromatic heterocycles. The van der Waals surface area contributed by atoms with Crippen molar-refractivity contribution < 1.29 is 54.4 Å². The van der Waals surface area contributed by atoms with E-state index in [-0.39, 0.29) is 0 Å². The molecule has 0 amide bonds. The molecular formula is C9H8O12S2. The van der Waals surface area contributed by atoms with Gasteiger partial charge >= 0.3 is 26.8 Å². The summed E-state index contributed by atoms with van der Waals surface area (Å²) in [5.74, 6) is -6.89. The van der Waals surface area contributed by atoms with Crippen LogP contribution in [0.15, 0.2) is 24.0 Å². The molecule has 0 saturated heterocycles. The SMILES string of the molecule is O=C(O)/C(OS(=O)(=O)O)=C(\OS(=O)(=O)O)c1ccc(O)c(O)c1. The predicted molar refractivity (Wildman–Crippen MR) is 69.6 cm³/mol. The Morgan fingerprint density at radius 2 is 1.43 bits per heavy atom. The van der Waals surface area contributed by atoms with Gasteiger partial charge in [0, 0.05) is 5.56 Å². The molecule has 0 spiro atoms. The van der Waals surface area contributed by atoms with Crippen LogP contribution in [0, 0.1) is 0 Å². The van der Waals surface area contributed by atoms with Gasteiger partial charge in [-0.05, 0) is 18.2 Å². The standard InChI is InChI=1S/C9H8O12S2/c10-5-2-1-4(3-6(5)11)7(20-22(14,15)16)8(9(12)13)21-23(17,18)19/h1-3,10-11H,(H,12,13)(H,14,15,16)(H,17,18,19)/b8-7+. The first-order valence-electron chi connectivity index (χ1n) is 5.14. The molecule has 0 unspecified atom stereocenters. The van der Waals surface area contributed by atoms with Crippen molar-refractivity contribution in [1.82, 2.24) is 0 Å². The van der Waals surface area contributed by atoms with Crippen molar-refractivity contribution in [3.8, 4) is 11.5 Å². The highest BCUT2D eigenvalue weighted by atomic mass is 32.3. The Kier molecular flexibility index (Phi) is 5.06. The summed E-state index contributed by atoms with van der Waals surface area (Å²) in [4.78, 5) is 11.0. The van der Waals surface area contributed by atoms with E-state index in [4.69, 9.17) is 19.3 Å². The molecule has 0 heterocycles. The second-order valence-corrected chi connectivity index (χ2v) is 5.73. The van der Waals surface area contributed by atoms with Gasteiger partial charge in [0.15, 0.2) is 11.5 Å². The first-order chi connectivity index (χ1) is 10.3. The van der Waals surface area contributed by atoms with E-state index in [0.29, 0.717) is 6.07 Å². The molecule has 1 aromatic rings. The summed E-state index contributed by atoms with van der Waals surface area (Å²) in [7, 11) is -10.8. The molecule has 0 aliphatic carbocycles. The molecule has 1 rings (SSSR count). The quantitative estimate of drug-likeness (QED) is 0.185. The highest BCUT2D eigenvalue weighted by Crippen LogP contribution is 2.31. The molecule has 0 fully saturated rings. The van der Waals surface area contributed by atoms with Crippen molar-refractivity contribution in [3.63, 3.8) is 0 Å². The van der Waals surface area contributed by atoms with Gasteiger partial charge in [0.1, 0.15) is 0 Å². The highest BCUT2D eigenvalue weighted by molar-refractivity contribution is 7.81.